The Labute approximate surface area is 96.5 Å². The number of hydrogen-bond donors (Lipinski definition) is 1. The fraction of sp³-hybridized carbons (Fsp3) is 0.538. The summed E-state index contributed by atoms with van der Waals surface area (Å²) >= 11 is 0. The summed E-state index contributed by atoms with van der Waals surface area (Å²) in [6.45, 7) is 3.01. The first-order chi connectivity index (χ1) is 7.65. The predicted octanol–water partition coefficient (Wildman–Crippen LogP) is 1.94. The van der Waals surface area contributed by atoms with Gasteiger partial charge in [0, 0.05) is 0 Å². The number of ether oxygens (including phenoxy) is 2. The van der Waals surface area contributed by atoms with Crippen molar-refractivity contribution < 1.29 is 9.47 Å². The van der Waals surface area contributed by atoms with Gasteiger partial charge in [-0.15, -0.1) is 0 Å². The van der Waals surface area contributed by atoms with Gasteiger partial charge in [0.05, 0.1) is 14.2 Å². The van der Waals surface area contributed by atoms with Crippen molar-refractivity contribution in [2.75, 3.05) is 20.8 Å². The van der Waals surface area contributed by atoms with Crippen molar-refractivity contribution in [1.82, 2.24) is 0 Å². The van der Waals surface area contributed by atoms with Crippen LogP contribution in [-0.4, -0.2) is 20.8 Å². The molecule has 16 heavy (non-hydrogen) atoms. The monoisotopic (exact) mass is 221 g/mol. The number of nitrogens with two attached hydrogens (primary N) is 1. The largest absolute Gasteiger partial charge is 0.493 e. The molecule has 1 aliphatic carbocycles. The highest BCUT2D eigenvalue weighted by Gasteiger charge is 2.50. The van der Waals surface area contributed by atoms with E-state index >= 15 is 0 Å². The number of benzene rings is 1. The van der Waals surface area contributed by atoms with Gasteiger partial charge in [-0.1, -0.05) is 13.0 Å². The van der Waals surface area contributed by atoms with Gasteiger partial charge in [-0.3, -0.25) is 0 Å². The van der Waals surface area contributed by atoms with Crippen LogP contribution in [0.5, 0.6) is 11.5 Å². The molecule has 2 rings (SSSR count). The molecule has 0 aromatic heterocycles. The molecule has 0 radical (unpaired) electrons. The highest BCUT2D eigenvalue weighted by Crippen LogP contribution is 2.54. The Balaban J connectivity index is 2.30. The summed E-state index contributed by atoms with van der Waals surface area (Å²) in [7, 11) is 3.32. The summed E-state index contributed by atoms with van der Waals surface area (Å²) in [4.78, 5) is 0. The van der Waals surface area contributed by atoms with Gasteiger partial charge in [0.1, 0.15) is 0 Å². The van der Waals surface area contributed by atoms with Crippen molar-refractivity contribution in [3.8, 4) is 11.5 Å². The van der Waals surface area contributed by atoms with Gasteiger partial charge < -0.3 is 15.2 Å². The van der Waals surface area contributed by atoms with Crippen LogP contribution in [0.2, 0.25) is 0 Å². The van der Waals surface area contributed by atoms with Gasteiger partial charge in [-0.2, -0.15) is 0 Å². The van der Waals surface area contributed by atoms with Crippen LogP contribution in [0, 0.1) is 5.92 Å². The number of hydrogen-bond acceptors (Lipinski definition) is 3. The molecule has 3 heteroatoms. The zero-order valence-corrected chi connectivity index (χ0v) is 10.1. The maximum atomic E-state index is 5.72. The molecule has 2 atom stereocenters. The summed E-state index contributed by atoms with van der Waals surface area (Å²) in [6.07, 6.45) is 1.17. The smallest absolute Gasteiger partial charge is 0.161 e. The van der Waals surface area contributed by atoms with Crippen LogP contribution in [-0.2, 0) is 5.41 Å². The lowest BCUT2D eigenvalue weighted by molar-refractivity contribution is 0.354. The summed E-state index contributed by atoms with van der Waals surface area (Å²) in [5.41, 5.74) is 7.24. The van der Waals surface area contributed by atoms with E-state index in [-0.39, 0.29) is 5.41 Å². The quantitative estimate of drug-likeness (QED) is 0.845. The zero-order valence-electron chi connectivity index (χ0n) is 10.1. The Hall–Kier alpha value is -1.22. The van der Waals surface area contributed by atoms with Gasteiger partial charge in [-0.05, 0) is 42.0 Å². The molecule has 1 aromatic rings. The summed E-state index contributed by atoms with van der Waals surface area (Å²) in [5, 5.41) is 0. The van der Waals surface area contributed by atoms with E-state index in [4.69, 9.17) is 15.2 Å². The molecule has 3 nitrogen and oxygen atoms in total. The topological polar surface area (TPSA) is 44.5 Å². The molecule has 2 N–H and O–H groups in total. The van der Waals surface area contributed by atoms with Crippen LogP contribution >= 0.6 is 0 Å². The standard InChI is InChI=1S/C13H19NO2/c1-13(7-10(13)8-14)9-4-5-11(15-2)12(6-9)16-3/h4-6,10H,7-8,14H2,1-3H3. The molecule has 1 aromatic carbocycles. The van der Waals surface area contributed by atoms with Gasteiger partial charge in [0.15, 0.2) is 11.5 Å². The van der Waals surface area contributed by atoms with Gasteiger partial charge in [0.25, 0.3) is 0 Å². The van der Waals surface area contributed by atoms with E-state index in [0.717, 1.165) is 18.0 Å². The first-order valence-electron chi connectivity index (χ1n) is 5.58. The van der Waals surface area contributed by atoms with Crippen molar-refractivity contribution >= 4 is 0 Å². The molecule has 1 saturated carbocycles. The second-order valence-corrected chi connectivity index (χ2v) is 4.62. The lowest BCUT2D eigenvalue weighted by atomic mass is 9.95. The Morgan fingerprint density at radius 1 is 1.31 bits per heavy atom. The van der Waals surface area contributed by atoms with E-state index in [1.807, 2.05) is 6.07 Å². The maximum Gasteiger partial charge on any atom is 0.161 e. The van der Waals surface area contributed by atoms with Crippen molar-refractivity contribution in [2.24, 2.45) is 11.7 Å². The van der Waals surface area contributed by atoms with Crippen LogP contribution in [0.25, 0.3) is 0 Å². The van der Waals surface area contributed by atoms with Crippen LogP contribution in [0.1, 0.15) is 18.9 Å². The fourth-order valence-electron chi connectivity index (χ4n) is 2.34. The molecule has 0 amide bonds. The number of methoxy groups -OCH3 is 2. The van der Waals surface area contributed by atoms with E-state index in [2.05, 4.69) is 19.1 Å². The van der Waals surface area contributed by atoms with Crippen molar-refractivity contribution in [3.63, 3.8) is 0 Å². The summed E-state index contributed by atoms with van der Waals surface area (Å²) < 4.78 is 10.5. The zero-order chi connectivity index (χ0) is 11.8. The highest BCUT2D eigenvalue weighted by molar-refractivity contribution is 5.47. The van der Waals surface area contributed by atoms with Gasteiger partial charge in [0.2, 0.25) is 0 Å². The highest BCUT2D eigenvalue weighted by atomic mass is 16.5. The third-order valence-corrected chi connectivity index (χ3v) is 3.74. The molecule has 88 valence electrons. The molecule has 0 heterocycles. The molecule has 0 saturated heterocycles. The third-order valence-electron chi connectivity index (χ3n) is 3.74. The van der Waals surface area contributed by atoms with E-state index in [9.17, 15) is 0 Å². The Morgan fingerprint density at radius 2 is 2.00 bits per heavy atom. The van der Waals surface area contributed by atoms with Gasteiger partial charge >= 0.3 is 0 Å². The minimum atomic E-state index is 0.230. The average Bonchev–Trinajstić information content (AvgIpc) is 3.01. The second kappa shape index (κ2) is 3.98. The average molecular weight is 221 g/mol. The molecule has 0 spiro atoms. The molecular formula is C13H19NO2. The lowest BCUT2D eigenvalue weighted by Gasteiger charge is -2.14. The first-order valence-corrected chi connectivity index (χ1v) is 5.58. The van der Waals surface area contributed by atoms with Crippen molar-refractivity contribution in [1.29, 1.82) is 0 Å². The Morgan fingerprint density at radius 3 is 2.50 bits per heavy atom. The van der Waals surface area contributed by atoms with Crippen LogP contribution in [0.3, 0.4) is 0 Å². The number of rotatable bonds is 4. The second-order valence-electron chi connectivity index (χ2n) is 4.62. The molecule has 2 unspecified atom stereocenters. The Bertz CT molecular complexity index is 392. The summed E-state index contributed by atoms with van der Waals surface area (Å²) in [6, 6.07) is 6.14. The molecule has 1 aliphatic rings. The van der Waals surface area contributed by atoms with E-state index in [1.165, 1.54) is 12.0 Å². The van der Waals surface area contributed by atoms with Crippen LogP contribution in [0.15, 0.2) is 18.2 Å². The SMILES string of the molecule is COc1ccc(C2(C)CC2CN)cc1OC. The summed E-state index contributed by atoms with van der Waals surface area (Å²) in [5.74, 6) is 2.18. The normalized spacial score (nSPS) is 27.6. The van der Waals surface area contributed by atoms with E-state index < -0.39 is 0 Å². The minimum Gasteiger partial charge on any atom is -0.493 e. The third kappa shape index (κ3) is 1.65. The van der Waals surface area contributed by atoms with Gasteiger partial charge in [-0.25, -0.2) is 0 Å². The Kier molecular flexibility index (Phi) is 2.80. The first kappa shape index (κ1) is 11.3. The lowest BCUT2D eigenvalue weighted by Crippen LogP contribution is -2.11. The van der Waals surface area contributed by atoms with Crippen LogP contribution < -0.4 is 15.2 Å². The molecule has 0 aliphatic heterocycles. The van der Waals surface area contributed by atoms with Crippen molar-refractivity contribution in [3.05, 3.63) is 23.8 Å². The minimum absolute atomic E-state index is 0.230. The van der Waals surface area contributed by atoms with E-state index in [0.29, 0.717) is 5.92 Å². The molecule has 1 fully saturated rings. The van der Waals surface area contributed by atoms with E-state index in [1.54, 1.807) is 14.2 Å². The molecular weight excluding hydrogens is 202 g/mol. The maximum absolute atomic E-state index is 5.72. The predicted molar refractivity (Wildman–Crippen MR) is 64.1 cm³/mol. The van der Waals surface area contributed by atoms with Crippen LogP contribution in [0.4, 0.5) is 0 Å². The van der Waals surface area contributed by atoms with Crippen molar-refractivity contribution in [2.45, 2.75) is 18.8 Å². The molecule has 0 bridgehead atoms. The fourth-order valence-corrected chi connectivity index (χ4v) is 2.34.